The van der Waals surface area contributed by atoms with Crippen molar-refractivity contribution < 1.29 is 13.2 Å². The molecule has 2 rings (SSSR count). The molecule has 23 heavy (non-hydrogen) atoms. The summed E-state index contributed by atoms with van der Waals surface area (Å²) in [7, 11) is -4.21. The summed E-state index contributed by atoms with van der Waals surface area (Å²) in [5.74, 6) is -0.540. The van der Waals surface area contributed by atoms with E-state index in [1.54, 1.807) is 18.2 Å². The maximum absolute atomic E-state index is 12.8. The average molecular weight is 353 g/mol. The summed E-state index contributed by atoms with van der Waals surface area (Å²) >= 11 is 5.76. The zero-order chi connectivity index (χ0) is 17.0. The first-order valence-electron chi connectivity index (χ1n) is 6.32. The van der Waals surface area contributed by atoms with E-state index in [0.29, 0.717) is 9.33 Å². The van der Waals surface area contributed by atoms with Gasteiger partial charge in [0.05, 0.1) is 10.6 Å². The number of nitrogens with zero attached hydrogens (tertiary/aromatic N) is 2. The molecule has 9 heteroatoms. The molecular formula is C14H13ClN4O3S. The van der Waals surface area contributed by atoms with Gasteiger partial charge >= 0.3 is 6.03 Å². The van der Waals surface area contributed by atoms with Crippen molar-refractivity contribution in [3.05, 3.63) is 59.6 Å². The normalized spacial score (nSPS) is 10.8. The highest BCUT2D eigenvalue weighted by Gasteiger charge is 2.31. The quantitative estimate of drug-likeness (QED) is 0.646. The van der Waals surface area contributed by atoms with Gasteiger partial charge in [-0.15, -0.1) is 0 Å². The Morgan fingerprint density at radius 2 is 1.57 bits per heavy atom. The second kappa shape index (κ2) is 6.67. The minimum Gasteiger partial charge on any atom is -0.370 e. The summed E-state index contributed by atoms with van der Waals surface area (Å²) in [5.41, 5.74) is 10.5. The lowest BCUT2D eigenvalue weighted by atomic mass is 10.3. The van der Waals surface area contributed by atoms with Crippen molar-refractivity contribution in [2.45, 2.75) is 4.90 Å². The first-order chi connectivity index (χ1) is 10.8. The van der Waals surface area contributed by atoms with Gasteiger partial charge in [-0.2, -0.15) is 9.30 Å². The van der Waals surface area contributed by atoms with Gasteiger partial charge in [-0.25, -0.2) is 13.2 Å². The van der Waals surface area contributed by atoms with Gasteiger partial charge < -0.3 is 11.5 Å². The predicted molar refractivity (Wildman–Crippen MR) is 88.8 cm³/mol. The van der Waals surface area contributed by atoms with Crippen molar-refractivity contribution >= 4 is 39.3 Å². The number of amides is 2. The fourth-order valence-electron chi connectivity index (χ4n) is 1.78. The molecule has 0 radical (unpaired) electrons. The van der Waals surface area contributed by atoms with Crippen molar-refractivity contribution in [3.8, 4) is 0 Å². The van der Waals surface area contributed by atoms with E-state index in [-0.39, 0.29) is 10.6 Å². The first-order valence-corrected chi connectivity index (χ1v) is 8.13. The highest BCUT2D eigenvalue weighted by molar-refractivity contribution is 7.93. The lowest BCUT2D eigenvalue weighted by Gasteiger charge is -2.20. The molecule has 0 atom stereocenters. The molecule has 2 aromatic rings. The van der Waals surface area contributed by atoms with Crippen LogP contribution in [0.15, 0.2) is 64.5 Å². The molecule has 0 spiro atoms. The number of guanidine groups is 1. The zero-order valence-corrected chi connectivity index (χ0v) is 13.3. The summed E-state index contributed by atoms with van der Waals surface area (Å²) in [6.45, 7) is 0. The van der Waals surface area contributed by atoms with Crippen LogP contribution in [0.1, 0.15) is 0 Å². The molecule has 0 aromatic heterocycles. The molecule has 0 unspecified atom stereocenters. The Morgan fingerprint density at radius 3 is 2.09 bits per heavy atom. The van der Waals surface area contributed by atoms with E-state index in [1.165, 1.54) is 36.4 Å². The van der Waals surface area contributed by atoms with Crippen molar-refractivity contribution in [1.82, 2.24) is 0 Å². The number of hydrogen-bond acceptors (Lipinski definition) is 3. The largest absolute Gasteiger partial charge is 0.370 e. The van der Waals surface area contributed by atoms with Crippen molar-refractivity contribution in [1.29, 1.82) is 0 Å². The number of rotatable bonds is 3. The number of benzene rings is 2. The van der Waals surface area contributed by atoms with Gasteiger partial charge in [0.25, 0.3) is 10.0 Å². The van der Waals surface area contributed by atoms with Crippen LogP contribution in [0.2, 0.25) is 5.02 Å². The number of urea groups is 1. The molecule has 0 fully saturated rings. The third-order valence-electron chi connectivity index (χ3n) is 2.74. The van der Waals surface area contributed by atoms with Crippen LogP contribution in [0, 0.1) is 0 Å². The standard InChI is InChI=1S/C14H13ClN4O3S/c15-10-6-8-12(9-7-10)23(21,22)19(14(20)18-13(16)17)11-4-2-1-3-5-11/h1-9H,(H4,16,17,18,20). The molecule has 120 valence electrons. The number of hydrogen-bond donors (Lipinski definition) is 2. The Morgan fingerprint density at radius 1 is 1.00 bits per heavy atom. The Balaban J connectivity index is 2.59. The van der Waals surface area contributed by atoms with Gasteiger partial charge in [-0.3, -0.25) is 0 Å². The fraction of sp³-hybridized carbons (Fsp3) is 0. The van der Waals surface area contributed by atoms with E-state index in [0.717, 1.165) is 0 Å². The lowest BCUT2D eigenvalue weighted by Crippen LogP contribution is -2.37. The predicted octanol–water partition coefficient (Wildman–Crippen LogP) is 1.93. The van der Waals surface area contributed by atoms with Crippen LogP contribution in [0.4, 0.5) is 10.5 Å². The molecule has 2 aromatic carbocycles. The number of carbonyl (C=O) groups is 1. The monoisotopic (exact) mass is 352 g/mol. The maximum atomic E-state index is 12.8. The van der Waals surface area contributed by atoms with Crippen LogP contribution in [-0.4, -0.2) is 20.4 Å². The summed E-state index contributed by atoms with van der Waals surface area (Å²) in [6, 6.07) is 12.0. The summed E-state index contributed by atoms with van der Waals surface area (Å²) in [5, 5.41) is 0.366. The second-order valence-electron chi connectivity index (χ2n) is 4.38. The van der Waals surface area contributed by atoms with Crippen molar-refractivity contribution in [2.75, 3.05) is 4.31 Å². The van der Waals surface area contributed by atoms with Gasteiger partial charge in [0.15, 0.2) is 5.96 Å². The molecule has 0 heterocycles. The number of para-hydroxylation sites is 1. The topological polar surface area (TPSA) is 119 Å². The maximum Gasteiger partial charge on any atom is 0.365 e. The van der Waals surface area contributed by atoms with Crippen LogP contribution in [-0.2, 0) is 10.0 Å². The molecule has 0 saturated heterocycles. The Labute approximate surface area is 138 Å². The molecule has 7 nitrogen and oxygen atoms in total. The average Bonchev–Trinajstić information content (AvgIpc) is 2.47. The van der Waals surface area contributed by atoms with Crippen molar-refractivity contribution in [3.63, 3.8) is 0 Å². The molecule has 4 N–H and O–H groups in total. The van der Waals surface area contributed by atoms with Gasteiger partial charge in [-0.1, -0.05) is 29.8 Å². The number of anilines is 1. The Bertz CT molecular complexity index is 832. The smallest absolute Gasteiger partial charge is 0.365 e. The first kappa shape index (κ1) is 16.8. The SMILES string of the molecule is NC(N)=NC(=O)N(c1ccccc1)S(=O)(=O)c1ccc(Cl)cc1. The van der Waals surface area contributed by atoms with E-state index in [9.17, 15) is 13.2 Å². The highest BCUT2D eigenvalue weighted by Crippen LogP contribution is 2.25. The van der Waals surface area contributed by atoms with E-state index < -0.39 is 22.0 Å². The van der Waals surface area contributed by atoms with Gasteiger partial charge in [-0.05, 0) is 36.4 Å². The Hall–Kier alpha value is -2.58. The van der Waals surface area contributed by atoms with E-state index >= 15 is 0 Å². The number of aliphatic imine (C=N–C) groups is 1. The second-order valence-corrected chi connectivity index (χ2v) is 6.60. The van der Waals surface area contributed by atoms with Crippen LogP contribution in [0.3, 0.4) is 0 Å². The van der Waals surface area contributed by atoms with Crippen LogP contribution >= 0.6 is 11.6 Å². The summed E-state index contributed by atoms with van der Waals surface area (Å²) < 4.78 is 26.1. The fourth-order valence-corrected chi connectivity index (χ4v) is 3.25. The van der Waals surface area contributed by atoms with Crippen LogP contribution in [0.25, 0.3) is 0 Å². The minimum atomic E-state index is -4.21. The Kier molecular flexibility index (Phi) is 4.87. The number of carbonyl (C=O) groups excluding carboxylic acids is 1. The summed E-state index contributed by atoms with van der Waals surface area (Å²) in [4.78, 5) is 15.4. The zero-order valence-electron chi connectivity index (χ0n) is 11.8. The van der Waals surface area contributed by atoms with Gasteiger partial charge in [0.1, 0.15) is 0 Å². The highest BCUT2D eigenvalue weighted by atomic mass is 35.5. The van der Waals surface area contributed by atoms with E-state index in [1.807, 2.05) is 0 Å². The molecule has 0 aliphatic heterocycles. The number of sulfonamides is 1. The van der Waals surface area contributed by atoms with Crippen LogP contribution < -0.4 is 15.8 Å². The third kappa shape index (κ3) is 3.79. The van der Waals surface area contributed by atoms with Crippen molar-refractivity contribution in [2.24, 2.45) is 16.5 Å². The molecule has 2 amide bonds. The number of nitrogens with two attached hydrogens (primary N) is 2. The number of halogens is 1. The minimum absolute atomic E-state index is 0.109. The van der Waals surface area contributed by atoms with Gasteiger partial charge in [0, 0.05) is 5.02 Å². The van der Waals surface area contributed by atoms with E-state index in [2.05, 4.69) is 4.99 Å². The molecular weight excluding hydrogens is 340 g/mol. The molecule has 0 aliphatic carbocycles. The van der Waals surface area contributed by atoms with Gasteiger partial charge in [0.2, 0.25) is 0 Å². The summed E-state index contributed by atoms with van der Waals surface area (Å²) in [6.07, 6.45) is 0. The molecule has 0 saturated carbocycles. The molecule has 0 bridgehead atoms. The molecule has 0 aliphatic rings. The lowest BCUT2D eigenvalue weighted by molar-refractivity contribution is 0.257. The van der Waals surface area contributed by atoms with Crippen LogP contribution in [0.5, 0.6) is 0 Å². The third-order valence-corrected chi connectivity index (χ3v) is 4.71. The van der Waals surface area contributed by atoms with E-state index in [4.69, 9.17) is 23.1 Å².